The van der Waals surface area contributed by atoms with E-state index in [-0.39, 0.29) is 24.6 Å². The van der Waals surface area contributed by atoms with Crippen LogP contribution in [-0.2, 0) is 4.79 Å². The lowest BCUT2D eigenvalue weighted by atomic mass is 10.1. The number of aliphatic hydroxyl groups is 1. The number of carbonyl (C=O) groups excluding carboxylic acids is 1. The monoisotopic (exact) mass is 284 g/mol. The van der Waals surface area contributed by atoms with Gasteiger partial charge in [0.15, 0.2) is 11.6 Å². The number of likely N-dealkylation sites (tertiary alicyclic amines) is 1. The fourth-order valence-electron chi connectivity index (χ4n) is 2.23. The summed E-state index contributed by atoms with van der Waals surface area (Å²) in [7, 11) is 0. The minimum Gasteiger partial charge on any atom is -0.387 e. The minimum absolute atomic E-state index is 0.0000123. The Hall–Kier alpha value is -1.53. The summed E-state index contributed by atoms with van der Waals surface area (Å²) in [5.41, 5.74) is 0.282. The van der Waals surface area contributed by atoms with E-state index in [1.165, 1.54) is 6.07 Å². The summed E-state index contributed by atoms with van der Waals surface area (Å²) in [5, 5.41) is 12.7. The van der Waals surface area contributed by atoms with Gasteiger partial charge in [0.2, 0.25) is 5.91 Å². The Morgan fingerprint density at radius 1 is 1.30 bits per heavy atom. The second-order valence-corrected chi connectivity index (χ2v) is 4.91. The normalized spacial score (nSPS) is 16.4. The minimum atomic E-state index is -0.991. The van der Waals surface area contributed by atoms with Crippen molar-refractivity contribution in [1.82, 2.24) is 10.2 Å². The first-order chi connectivity index (χ1) is 9.58. The molecule has 2 N–H and O–H groups in total. The molecule has 20 heavy (non-hydrogen) atoms. The van der Waals surface area contributed by atoms with Gasteiger partial charge in [-0.2, -0.15) is 0 Å². The Labute approximate surface area is 116 Å². The zero-order valence-corrected chi connectivity index (χ0v) is 11.1. The molecule has 1 aromatic carbocycles. The molecule has 0 aliphatic carbocycles. The van der Waals surface area contributed by atoms with Crippen molar-refractivity contribution in [2.45, 2.75) is 18.9 Å². The van der Waals surface area contributed by atoms with Crippen molar-refractivity contribution in [2.24, 2.45) is 0 Å². The molecule has 0 bridgehead atoms. The number of benzene rings is 1. The molecule has 2 rings (SSSR count). The molecule has 1 saturated heterocycles. The van der Waals surface area contributed by atoms with E-state index < -0.39 is 17.7 Å². The van der Waals surface area contributed by atoms with Crippen LogP contribution in [0.25, 0.3) is 0 Å². The van der Waals surface area contributed by atoms with Crippen LogP contribution in [-0.4, -0.2) is 42.1 Å². The first kappa shape index (κ1) is 14.9. The van der Waals surface area contributed by atoms with Gasteiger partial charge in [-0.15, -0.1) is 0 Å². The van der Waals surface area contributed by atoms with Crippen LogP contribution >= 0.6 is 0 Å². The fraction of sp³-hybridized carbons (Fsp3) is 0.500. The predicted octanol–water partition coefficient (Wildman–Crippen LogP) is 1.21. The molecule has 0 saturated carbocycles. The van der Waals surface area contributed by atoms with Crippen LogP contribution in [0.1, 0.15) is 24.5 Å². The second-order valence-electron chi connectivity index (χ2n) is 4.91. The van der Waals surface area contributed by atoms with Gasteiger partial charge in [-0.1, -0.05) is 6.07 Å². The number of nitrogens with one attached hydrogen (secondary N) is 1. The van der Waals surface area contributed by atoms with Crippen LogP contribution in [0.4, 0.5) is 8.78 Å². The Morgan fingerprint density at radius 3 is 2.65 bits per heavy atom. The molecule has 0 radical (unpaired) electrons. The Morgan fingerprint density at radius 2 is 2.00 bits per heavy atom. The summed E-state index contributed by atoms with van der Waals surface area (Å²) in [5.74, 6) is -1.94. The summed E-state index contributed by atoms with van der Waals surface area (Å²) >= 11 is 0. The van der Waals surface area contributed by atoms with Gasteiger partial charge < -0.3 is 15.3 Å². The van der Waals surface area contributed by atoms with E-state index in [0.29, 0.717) is 0 Å². The highest BCUT2D eigenvalue weighted by Gasteiger charge is 2.18. The number of halogens is 2. The zero-order chi connectivity index (χ0) is 14.5. The largest absolute Gasteiger partial charge is 0.387 e. The molecule has 0 aromatic heterocycles. The Balaban J connectivity index is 1.78. The van der Waals surface area contributed by atoms with Gasteiger partial charge in [0, 0.05) is 19.6 Å². The summed E-state index contributed by atoms with van der Waals surface area (Å²) < 4.78 is 25.8. The van der Waals surface area contributed by atoms with Crippen molar-refractivity contribution in [1.29, 1.82) is 0 Å². The highest BCUT2D eigenvalue weighted by Crippen LogP contribution is 2.15. The smallest absolute Gasteiger partial charge is 0.236 e. The molecule has 6 heteroatoms. The summed E-state index contributed by atoms with van der Waals surface area (Å²) in [6.07, 6.45) is 1.09. The molecule has 1 aromatic rings. The average Bonchev–Trinajstić information content (AvgIpc) is 2.95. The van der Waals surface area contributed by atoms with Gasteiger partial charge in [-0.05, 0) is 30.5 Å². The molecule has 4 nitrogen and oxygen atoms in total. The zero-order valence-electron chi connectivity index (χ0n) is 11.1. The average molecular weight is 284 g/mol. The summed E-state index contributed by atoms with van der Waals surface area (Å²) in [6, 6.07) is 3.26. The maximum atomic E-state index is 13.0. The van der Waals surface area contributed by atoms with Crippen molar-refractivity contribution in [3.63, 3.8) is 0 Å². The van der Waals surface area contributed by atoms with Gasteiger partial charge in [-0.25, -0.2) is 8.78 Å². The first-order valence-electron chi connectivity index (χ1n) is 6.69. The van der Waals surface area contributed by atoms with E-state index in [2.05, 4.69) is 5.32 Å². The highest BCUT2D eigenvalue weighted by atomic mass is 19.2. The quantitative estimate of drug-likeness (QED) is 0.854. The van der Waals surface area contributed by atoms with Crippen molar-refractivity contribution < 1.29 is 18.7 Å². The standard InChI is InChI=1S/C14H18F2N2O2/c15-11-4-3-10(7-12(11)16)13(19)8-17-9-14(20)18-5-1-2-6-18/h3-4,7,13,17,19H,1-2,5-6,8-9H2. The molecule has 1 aliphatic heterocycles. The molecule has 1 unspecified atom stereocenters. The van der Waals surface area contributed by atoms with E-state index >= 15 is 0 Å². The van der Waals surface area contributed by atoms with Gasteiger partial charge >= 0.3 is 0 Å². The van der Waals surface area contributed by atoms with Crippen LogP contribution in [0.3, 0.4) is 0 Å². The Kier molecular flexibility index (Phi) is 5.03. The van der Waals surface area contributed by atoms with Gasteiger partial charge in [-0.3, -0.25) is 4.79 Å². The predicted molar refractivity (Wildman–Crippen MR) is 70.0 cm³/mol. The van der Waals surface area contributed by atoms with E-state index in [0.717, 1.165) is 38.1 Å². The molecule has 1 fully saturated rings. The SMILES string of the molecule is O=C(CNCC(O)c1ccc(F)c(F)c1)N1CCCC1. The van der Waals surface area contributed by atoms with Gasteiger partial charge in [0.05, 0.1) is 12.6 Å². The second kappa shape index (κ2) is 6.76. The Bertz CT molecular complexity index is 476. The fourth-order valence-corrected chi connectivity index (χ4v) is 2.23. The van der Waals surface area contributed by atoms with Crippen LogP contribution in [0.2, 0.25) is 0 Å². The number of hydrogen-bond donors (Lipinski definition) is 2. The van der Waals surface area contributed by atoms with Crippen molar-refractivity contribution in [3.05, 3.63) is 35.4 Å². The third-order valence-electron chi connectivity index (χ3n) is 3.40. The van der Waals surface area contributed by atoms with Crippen molar-refractivity contribution in [2.75, 3.05) is 26.2 Å². The van der Waals surface area contributed by atoms with Crippen molar-refractivity contribution in [3.8, 4) is 0 Å². The van der Waals surface area contributed by atoms with Gasteiger partial charge in [0.1, 0.15) is 0 Å². The molecule has 1 amide bonds. The maximum absolute atomic E-state index is 13.0. The lowest BCUT2D eigenvalue weighted by molar-refractivity contribution is -0.129. The molecule has 1 atom stereocenters. The van der Waals surface area contributed by atoms with Crippen molar-refractivity contribution >= 4 is 5.91 Å². The van der Waals surface area contributed by atoms with Gasteiger partial charge in [0.25, 0.3) is 0 Å². The molecular formula is C14H18F2N2O2. The summed E-state index contributed by atoms with van der Waals surface area (Å²) in [6.45, 7) is 1.82. The number of amides is 1. The van der Waals surface area contributed by atoms with E-state index in [1.54, 1.807) is 4.90 Å². The van der Waals surface area contributed by atoms with Crippen LogP contribution in [0.15, 0.2) is 18.2 Å². The van der Waals surface area contributed by atoms with E-state index in [4.69, 9.17) is 0 Å². The molecule has 1 heterocycles. The summed E-state index contributed by atoms with van der Waals surface area (Å²) in [4.78, 5) is 13.5. The molecule has 110 valence electrons. The first-order valence-corrected chi connectivity index (χ1v) is 6.69. The lowest BCUT2D eigenvalue weighted by Gasteiger charge is -2.17. The number of hydrogen-bond acceptors (Lipinski definition) is 3. The third-order valence-corrected chi connectivity index (χ3v) is 3.40. The molecule has 0 spiro atoms. The van der Waals surface area contributed by atoms with Crippen LogP contribution in [0.5, 0.6) is 0 Å². The van der Waals surface area contributed by atoms with Crippen LogP contribution in [0, 0.1) is 11.6 Å². The molecule has 1 aliphatic rings. The third kappa shape index (κ3) is 3.74. The lowest BCUT2D eigenvalue weighted by Crippen LogP contribution is -2.37. The van der Waals surface area contributed by atoms with E-state index in [9.17, 15) is 18.7 Å². The van der Waals surface area contributed by atoms with E-state index in [1.807, 2.05) is 0 Å². The van der Waals surface area contributed by atoms with Crippen LogP contribution < -0.4 is 5.32 Å². The number of nitrogens with zero attached hydrogens (tertiary/aromatic N) is 1. The maximum Gasteiger partial charge on any atom is 0.236 e. The topological polar surface area (TPSA) is 52.6 Å². The molecular weight excluding hydrogens is 266 g/mol. The number of rotatable bonds is 5. The highest BCUT2D eigenvalue weighted by molar-refractivity contribution is 5.78. The number of aliphatic hydroxyl groups excluding tert-OH is 1. The number of carbonyl (C=O) groups is 1.